The number of halogens is 2. The zero-order valence-electron chi connectivity index (χ0n) is 18.0. The Morgan fingerprint density at radius 3 is 2.67 bits per heavy atom. The molecule has 1 amide bonds. The average Bonchev–Trinajstić information content (AvgIpc) is 3.11. The number of nitrogens with zero attached hydrogens (tertiary/aromatic N) is 3. The summed E-state index contributed by atoms with van der Waals surface area (Å²) in [7, 11) is 0.484. The molecule has 0 fully saturated rings. The Morgan fingerprint density at radius 2 is 1.97 bits per heavy atom. The fourth-order valence-electron chi connectivity index (χ4n) is 3.56. The number of carbonyl (C=O) groups excluding carboxylic acids is 2. The van der Waals surface area contributed by atoms with Crippen molar-refractivity contribution in [3.05, 3.63) is 59.0 Å². The molecule has 0 spiro atoms. The third-order valence-electron chi connectivity index (χ3n) is 4.96. The van der Waals surface area contributed by atoms with Gasteiger partial charge in [0.2, 0.25) is 6.17 Å². The van der Waals surface area contributed by atoms with Crippen LogP contribution in [0.1, 0.15) is 34.4 Å². The Hall–Kier alpha value is -2.30. The topological polar surface area (TPSA) is 85.1 Å². The van der Waals surface area contributed by atoms with Gasteiger partial charge in [0.25, 0.3) is 5.91 Å². The molecule has 4 rings (SSSR count). The van der Waals surface area contributed by atoms with Gasteiger partial charge in [0.15, 0.2) is 5.43 Å². The van der Waals surface area contributed by atoms with Crippen molar-refractivity contribution in [2.45, 2.75) is 26.9 Å². The molecule has 1 N–H and O–H groups in total. The molecule has 1 aliphatic rings. The third kappa shape index (κ3) is 4.83. The van der Waals surface area contributed by atoms with Gasteiger partial charge in [-0.3, -0.25) is 9.36 Å². The highest BCUT2D eigenvalue weighted by molar-refractivity contribution is 8.11. The molecule has 2 aromatic carbocycles. The molecular weight excluding hydrogens is 501 g/mol. The Kier molecular flexibility index (Phi) is 7.16. The van der Waals surface area contributed by atoms with E-state index >= 15 is 0 Å². The molecule has 11 heteroatoms. The van der Waals surface area contributed by atoms with Crippen molar-refractivity contribution in [2.75, 3.05) is 11.9 Å². The molecule has 0 radical (unpaired) electrons. The largest absolute Gasteiger partial charge is 0.461 e. The molecule has 1 atom stereocenters. The molecule has 33 heavy (non-hydrogen) atoms. The maximum absolute atomic E-state index is 13.3. The van der Waals surface area contributed by atoms with E-state index in [1.807, 2.05) is 50.2 Å². The smallest absolute Gasteiger partial charge is 0.359 e. The van der Waals surface area contributed by atoms with E-state index in [0.29, 0.717) is 35.9 Å². The van der Waals surface area contributed by atoms with E-state index in [1.54, 1.807) is 17.6 Å². The van der Waals surface area contributed by atoms with E-state index < -0.39 is 24.7 Å². The maximum Gasteiger partial charge on any atom is 0.359 e. The molecule has 2 heterocycles. The zero-order valence-corrected chi connectivity index (χ0v) is 21.3. The number of azo groups is 1. The van der Waals surface area contributed by atoms with Crippen LogP contribution >= 0.6 is 37.3 Å². The van der Waals surface area contributed by atoms with E-state index in [-0.39, 0.29) is 12.0 Å². The Morgan fingerprint density at radius 1 is 1.21 bits per heavy atom. The average molecular weight is 521 g/mol. The normalized spacial score (nSPS) is 15.5. The van der Waals surface area contributed by atoms with E-state index in [4.69, 9.17) is 27.2 Å². The highest BCUT2D eigenvalue weighted by atomic mass is 35.9. The van der Waals surface area contributed by atoms with Crippen LogP contribution in [0.3, 0.4) is 0 Å². The summed E-state index contributed by atoms with van der Waals surface area (Å²) in [6.07, 6.45) is -1.15. The number of rotatable bonds is 5. The minimum atomic E-state index is -1.61. The number of fused-ring (bicyclic) bond motifs is 3. The lowest BCUT2D eigenvalue weighted by atomic mass is 10.1. The number of aryl methyl sites for hydroxylation is 2. The number of hydrogen-bond donors (Lipinski definition) is 1. The van der Waals surface area contributed by atoms with Crippen LogP contribution in [0, 0.1) is 13.8 Å². The molecule has 0 bridgehead atoms. The van der Waals surface area contributed by atoms with Gasteiger partial charge in [-0.1, -0.05) is 46.2 Å². The van der Waals surface area contributed by atoms with Crippen molar-refractivity contribution in [3.63, 3.8) is 0 Å². The SMILES string of the molecule is CCOC(=O)c1pc(P(Cl)Cl)c2n1[C@@H](N=Nc1cccc(C)c1)C(=O)Nc1ccc(C)cc1-2. The quantitative estimate of drug-likeness (QED) is 0.219. The molecule has 0 unspecified atom stereocenters. The summed E-state index contributed by atoms with van der Waals surface area (Å²) in [5, 5.41) is 12.2. The van der Waals surface area contributed by atoms with Gasteiger partial charge in [-0.2, -0.15) is 10.2 Å². The predicted octanol–water partition coefficient (Wildman–Crippen LogP) is 7.18. The molecule has 0 aliphatic carbocycles. The lowest BCUT2D eigenvalue weighted by molar-refractivity contribution is -0.119. The van der Waals surface area contributed by atoms with Gasteiger partial charge >= 0.3 is 5.97 Å². The van der Waals surface area contributed by atoms with Gasteiger partial charge in [0.05, 0.1) is 28.7 Å². The number of aromatic nitrogens is 1. The summed E-state index contributed by atoms with van der Waals surface area (Å²) < 4.78 is 6.85. The van der Waals surface area contributed by atoms with Gasteiger partial charge in [-0.05, 0) is 58.8 Å². The van der Waals surface area contributed by atoms with Gasteiger partial charge < -0.3 is 10.1 Å². The van der Waals surface area contributed by atoms with Crippen molar-refractivity contribution in [2.24, 2.45) is 10.2 Å². The minimum Gasteiger partial charge on any atom is -0.461 e. The molecule has 0 saturated heterocycles. The second-order valence-corrected chi connectivity index (χ2v) is 12.3. The van der Waals surface area contributed by atoms with Crippen LogP contribution in [0.2, 0.25) is 0 Å². The minimum absolute atomic E-state index is 0.185. The fourth-order valence-corrected chi connectivity index (χ4v) is 6.70. The molecular formula is C22H20Cl2N4O3P2. The van der Waals surface area contributed by atoms with E-state index in [1.165, 1.54) is 0 Å². The standard InChI is InChI=1S/C22H20Cl2N4O3P2/c1-4-31-21(30)20-28-17(22(32-20)33(23)24)15-11-13(3)8-9-16(15)25-19(29)18(28)27-26-14-7-5-6-12(2)10-14/h5-11,18H,4H2,1-3H3,(H,25,29)/t18-/m1/s1. The second kappa shape index (κ2) is 9.90. The van der Waals surface area contributed by atoms with Crippen molar-refractivity contribution in [1.82, 2.24) is 4.57 Å². The van der Waals surface area contributed by atoms with E-state index in [2.05, 4.69) is 15.5 Å². The van der Waals surface area contributed by atoms with E-state index in [0.717, 1.165) is 11.1 Å². The van der Waals surface area contributed by atoms with Crippen molar-refractivity contribution >= 4 is 65.6 Å². The monoisotopic (exact) mass is 520 g/mol. The number of nitrogens with one attached hydrogen (secondary N) is 1. The Labute approximate surface area is 203 Å². The van der Waals surface area contributed by atoms with Gasteiger partial charge in [0.1, 0.15) is 6.63 Å². The lowest BCUT2D eigenvalue weighted by Gasteiger charge is -2.16. The van der Waals surface area contributed by atoms with E-state index in [9.17, 15) is 9.59 Å². The number of hydrogen-bond acceptors (Lipinski definition) is 5. The molecule has 170 valence electrons. The van der Waals surface area contributed by atoms with Crippen molar-refractivity contribution in [3.8, 4) is 11.3 Å². The van der Waals surface area contributed by atoms with Crippen LogP contribution in [0.25, 0.3) is 11.3 Å². The van der Waals surface area contributed by atoms with Crippen LogP contribution in [0.15, 0.2) is 52.7 Å². The third-order valence-corrected chi connectivity index (χ3v) is 9.15. The number of benzene rings is 2. The van der Waals surface area contributed by atoms with Crippen LogP contribution in [0.5, 0.6) is 0 Å². The first-order valence-electron chi connectivity index (χ1n) is 10.1. The summed E-state index contributed by atoms with van der Waals surface area (Å²) in [5.74, 6) is -0.991. The number of ether oxygens (including phenoxy) is 1. The fraction of sp³-hybridized carbons (Fsp3) is 0.227. The highest BCUT2D eigenvalue weighted by Crippen LogP contribution is 2.53. The molecule has 0 saturated carbocycles. The molecule has 1 aromatic heterocycles. The summed E-state index contributed by atoms with van der Waals surface area (Å²) in [5.41, 5.74) is 4.70. The Bertz CT molecular complexity index is 1280. The summed E-state index contributed by atoms with van der Waals surface area (Å²) >= 11 is 12.8. The number of esters is 1. The number of anilines is 1. The maximum atomic E-state index is 13.3. The summed E-state index contributed by atoms with van der Waals surface area (Å²) in [6.45, 7) is 4.18. The second-order valence-electron chi connectivity index (χ2n) is 7.40. The van der Waals surface area contributed by atoms with Crippen LogP contribution in [-0.2, 0) is 9.53 Å². The molecule has 3 aromatic rings. The Balaban J connectivity index is 1.98. The first kappa shape index (κ1) is 23.8. The summed E-state index contributed by atoms with van der Waals surface area (Å²) in [6, 6.07) is 13.1. The van der Waals surface area contributed by atoms with Gasteiger partial charge in [-0.25, -0.2) is 4.79 Å². The van der Waals surface area contributed by atoms with Gasteiger partial charge in [-0.15, -0.1) is 0 Å². The first-order chi connectivity index (χ1) is 15.8. The van der Waals surface area contributed by atoms with Gasteiger partial charge in [0, 0.05) is 5.56 Å². The van der Waals surface area contributed by atoms with Crippen LogP contribution in [-0.4, -0.2) is 23.1 Å². The molecule has 1 aliphatic heterocycles. The zero-order chi connectivity index (χ0) is 23.7. The van der Waals surface area contributed by atoms with Crippen LogP contribution < -0.4 is 10.4 Å². The van der Waals surface area contributed by atoms with Crippen molar-refractivity contribution in [1.29, 1.82) is 0 Å². The van der Waals surface area contributed by atoms with Crippen LogP contribution in [0.4, 0.5) is 11.4 Å². The number of carbonyl (C=O) groups is 2. The summed E-state index contributed by atoms with van der Waals surface area (Å²) in [4.78, 5) is 26.3. The predicted molar refractivity (Wildman–Crippen MR) is 135 cm³/mol. The molecule has 7 nitrogen and oxygen atoms in total. The number of amides is 1. The highest BCUT2D eigenvalue weighted by Gasteiger charge is 2.37. The lowest BCUT2D eigenvalue weighted by Crippen LogP contribution is -2.25. The first-order valence-corrected chi connectivity index (χ1v) is 14.1. The van der Waals surface area contributed by atoms with Crippen molar-refractivity contribution < 1.29 is 14.3 Å².